The lowest BCUT2D eigenvalue weighted by atomic mass is 10.0. The molecule has 39 heavy (non-hydrogen) atoms. The highest BCUT2D eigenvalue weighted by molar-refractivity contribution is 7.80. The molecule has 4 aromatic rings. The van der Waals surface area contributed by atoms with E-state index in [1.165, 1.54) is 12.1 Å². The zero-order valence-electron chi connectivity index (χ0n) is 20.8. The molecule has 9 nitrogen and oxygen atoms in total. The van der Waals surface area contributed by atoms with E-state index in [0.29, 0.717) is 28.7 Å². The van der Waals surface area contributed by atoms with Gasteiger partial charge in [-0.1, -0.05) is 24.3 Å². The molecule has 2 atom stereocenters. The fraction of sp³-hybridized carbons (Fsp3) is 0.172. The number of para-hydroxylation sites is 1. The molecule has 0 bridgehead atoms. The van der Waals surface area contributed by atoms with Gasteiger partial charge in [-0.2, -0.15) is 0 Å². The normalized spacial score (nSPS) is 16.6. The predicted octanol–water partition coefficient (Wildman–Crippen LogP) is 5.21. The Kier molecular flexibility index (Phi) is 7.55. The number of nitrogens with zero attached hydrogens (tertiary/aromatic N) is 2. The second kappa shape index (κ2) is 11.4. The highest BCUT2D eigenvalue weighted by Crippen LogP contribution is 2.40. The van der Waals surface area contributed by atoms with E-state index in [0.717, 1.165) is 30.4 Å². The molecular formula is C29H26N4O5S. The number of benzene rings is 2. The maximum absolute atomic E-state index is 11.6. The standard InChI is InChI=1S/C29H26N4O5S/c34-27(35)19-15-18(16-20(17-19)28(36)37)23-10-11-24(38-23)26-25(22-9-4-5-12-31-22)32-29(39)33(26)14-6-13-30-21-7-2-1-3-8-21/h1-5,7-12,15-17,25-26,30H,6,13-14H2,(H,32,39)(H,34,35)(H,36,37)/t25-,26+/m1/s1. The number of anilines is 1. The Labute approximate surface area is 230 Å². The van der Waals surface area contributed by atoms with Crippen molar-refractivity contribution in [2.75, 3.05) is 18.4 Å². The quantitative estimate of drug-likeness (QED) is 0.157. The number of pyridine rings is 1. The lowest BCUT2D eigenvalue weighted by Gasteiger charge is -2.26. The second-order valence-corrected chi connectivity index (χ2v) is 9.46. The molecule has 0 radical (unpaired) electrons. The van der Waals surface area contributed by atoms with Crippen LogP contribution in [0.3, 0.4) is 0 Å². The number of aromatic carboxylic acids is 2. The van der Waals surface area contributed by atoms with Crippen LogP contribution in [0.2, 0.25) is 0 Å². The number of hydrogen-bond acceptors (Lipinski definition) is 6. The van der Waals surface area contributed by atoms with Crippen LogP contribution in [0.5, 0.6) is 0 Å². The molecule has 5 rings (SSSR count). The number of carboxylic acids is 2. The summed E-state index contributed by atoms with van der Waals surface area (Å²) in [6.07, 6.45) is 2.53. The zero-order valence-corrected chi connectivity index (χ0v) is 21.6. The molecule has 3 heterocycles. The van der Waals surface area contributed by atoms with E-state index in [1.54, 1.807) is 12.3 Å². The first kappa shape index (κ1) is 25.9. The van der Waals surface area contributed by atoms with Crippen molar-refractivity contribution in [3.05, 3.63) is 108 Å². The third-order valence-electron chi connectivity index (χ3n) is 6.51. The number of carbonyl (C=O) groups is 2. The Morgan fingerprint density at radius 2 is 1.69 bits per heavy atom. The van der Waals surface area contributed by atoms with Crippen LogP contribution in [0, 0.1) is 0 Å². The Morgan fingerprint density at radius 1 is 0.974 bits per heavy atom. The smallest absolute Gasteiger partial charge is 0.335 e. The zero-order chi connectivity index (χ0) is 27.4. The van der Waals surface area contributed by atoms with Crippen LogP contribution in [0.15, 0.2) is 89.5 Å². The van der Waals surface area contributed by atoms with Crippen LogP contribution < -0.4 is 10.6 Å². The fourth-order valence-corrected chi connectivity index (χ4v) is 5.01. The molecule has 0 unspecified atom stereocenters. The average molecular weight is 543 g/mol. The maximum atomic E-state index is 11.6. The van der Waals surface area contributed by atoms with Crippen LogP contribution in [0.4, 0.5) is 5.69 Å². The van der Waals surface area contributed by atoms with Gasteiger partial charge in [0.05, 0.1) is 22.9 Å². The number of nitrogens with one attached hydrogen (secondary N) is 2. The molecule has 2 aromatic carbocycles. The summed E-state index contributed by atoms with van der Waals surface area (Å²) < 4.78 is 6.26. The average Bonchev–Trinajstić information content (AvgIpc) is 3.56. The molecule has 1 saturated heterocycles. The third kappa shape index (κ3) is 5.75. The Hall–Kier alpha value is -4.70. The van der Waals surface area contributed by atoms with Crippen LogP contribution in [-0.4, -0.2) is 50.2 Å². The minimum absolute atomic E-state index is 0.134. The van der Waals surface area contributed by atoms with Crippen molar-refractivity contribution in [1.82, 2.24) is 15.2 Å². The minimum atomic E-state index is -1.22. The molecule has 0 amide bonds. The van der Waals surface area contributed by atoms with E-state index in [9.17, 15) is 19.8 Å². The van der Waals surface area contributed by atoms with Crippen molar-refractivity contribution in [3.8, 4) is 11.3 Å². The molecular weight excluding hydrogens is 516 g/mol. The lowest BCUT2D eigenvalue weighted by molar-refractivity contribution is 0.0696. The number of hydrogen-bond donors (Lipinski definition) is 4. The lowest BCUT2D eigenvalue weighted by Crippen LogP contribution is -2.31. The van der Waals surface area contributed by atoms with E-state index >= 15 is 0 Å². The third-order valence-corrected chi connectivity index (χ3v) is 6.86. The Morgan fingerprint density at radius 3 is 2.36 bits per heavy atom. The summed E-state index contributed by atoms with van der Waals surface area (Å²) in [5, 5.41) is 26.3. The summed E-state index contributed by atoms with van der Waals surface area (Å²) >= 11 is 5.72. The van der Waals surface area contributed by atoms with E-state index in [-0.39, 0.29) is 23.2 Å². The first-order valence-electron chi connectivity index (χ1n) is 12.4. The molecule has 0 saturated carbocycles. The van der Waals surface area contributed by atoms with Gasteiger partial charge in [0, 0.05) is 30.5 Å². The van der Waals surface area contributed by atoms with Gasteiger partial charge in [-0.25, -0.2) is 9.59 Å². The van der Waals surface area contributed by atoms with Gasteiger partial charge in [-0.3, -0.25) is 4.98 Å². The molecule has 198 valence electrons. The minimum Gasteiger partial charge on any atom is -0.478 e. The summed E-state index contributed by atoms with van der Waals surface area (Å²) in [5.74, 6) is -1.48. The molecule has 10 heteroatoms. The van der Waals surface area contributed by atoms with Crippen LogP contribution in [0.25, 0.3) is 11.3 Å². The molecule has 1 aliphatic heterocycles. The van der Waals surface area contributed by atoms with Crippen molar-refractivity contribution in [1.29, 1.82) is 0 Å². The summed E-state index contributed by atoms with van der Waals surface area (Å²) in [6.45, 7) is 1.39. The summed E-state index contributed by atoms with van der Waals surface area (Å²) in [7, 11) is 0. The van der Waals surface area contributed by atoms with Crippen molar-refractivity contribution >= 4 is 35.0 Å². The molecule has 0 spiro atoms. The largest absolute Gasteiger partial charge is 0.478 e. The Balaban J connectivity index is 1.43. The van der Waals surface area contributed by atoms with Crippen molar-refractivity contribution in [3.63, 3.8) is 0 Å². The SMILES string of the molecule is O=C(O)c1cc(C(=O)O)cc(-c2ccc([C@H]3[C@@H](c4ccccn4)NC(=S)N3CCCNc3ccccc3)o2)c1. The number of aromatic nitrogens is 1. The van der Waals surface area contributed by atoms with Gasteiger partial charge in [-0.15, -0.1) is 0 Å². The number of rotatable bonds is 10. The summed E-state index contributed by atoms with van der Waals surface area (Å²) in [4.78, 5) is 29.8. The molecule has 0 aliphatic carbocycles. The molecule has 1 fully saturated rings. The van der Waals surface area contributed by atoms with Crippen LogP contribution in [0.1, 0.15) is 50.7 Å². The maximum Gasteiger partial charge on any atom is 0.335 e. The van der Waals surface area contributed by atoms with Gasteiger partial charge < -0.3 is 30.2 Å². The van der Waals surface area contributed by atoms with E-state index in [4.69, 9.17) is 16.6 Å². The number of thiocarbonyl (C=S) groups is 1. The van der Waals surface area contributed by atoms with Gasteiger partial charge in [0.1, 0.15) is 17.6 Å². The van der Waals surface area contributed by atoms with Crippen LogP contribution in [-0.2, 0) is 0 Å². The topological polar surface area (TPSA) is 128 Å². The highest BCUT2D eigenvalue weighted by Gasteiger charge is 2.41. The first-order chi connectivity index (χ1) is 18.9. The molecule has 4 N–H and O–H groups in total. The highest BCUT2D eigenvalue weighted by atomic mass is 32.1. The first-order valence-corrected chi connectivity index (χ1v) is 12.8. The predicted molar refractivity (Wildman–Crippen MR) is 150 cm³/mol. The summed E-state index contributed by atoms with van der Waals surface area (Å²) in [5.41, 5.74) is 1.94. The van der Waals surface area contributed by atoms with Crippen molar-refractivity contribution in [2.24, 2.45) is 0 Å². The molecule has 2 aromatic heterocycles. The summed E-state index contributed by atoms with van der Waals surface area (Å²) in [6, 6.07) is 22.5. The van der Waals surface area contributed by atoms with E-state index < -0.39 is 11.9 Å². The van der Waals surface area contributed by atoms with Crippen molar-refractivity contribution < 1.29 is 24.2 Å². The van der Waals surface area contributed by atoms with E-state index in [1.807, 2.05) is 54.6 Å². The van der Waals surface area contributed by atoms with Gasteiger partial charge >= 0.3 is 11.9 Å². The number of furan rings is 1. The Bertz CT molecular complexity index is 1460. The number of carboxylic acid groups (broad SMARTS) is 2. The second-order valence-electron chi connectivity index (χ2n) is 9.08. The molecule has 1 aliphatic rings. The van der Waals surface area contributed by atoms with E-state index in [2.05, 4.69) is 20.5 Å². The monoisotopic (exact) mass is 542 g/mol. The van der Waals surface area contributed by atoms with Gasteiger partial charge in [0.2, 0.25) is 0 Å². The van der Waals surface area contributed by atoms with Gasteiger partial charge in [0.15, 0.2) is 5.11 Å². The van der Waals surface area contributed by atoms with Crippen molar-refractivity contribution in [2.45, 2.75) is 18.5 Å². The van der Waals surface area contributed by atoms with Gasteiger partial charge in [-0.05, 0) is 73.2 Å². The fourth-order valence-electron chi connectivity index (χ4n) is 4.68. The van der Waals surface area contributed by atoms with Crippen LogP contribution >= 0.6 is 12.2 Å². The van der Waals surface area contributed by atoms with Gasteiger partial charge in [0.25, 0.3) is 0 Å².